The Labute approximate surface area is 38.8 Å². The van der Waals surface area contributed by atoms with Crippen LogP contribution in [0.15, 0.2) is 12.7 Å². The van der Waals surface area contributed by atoms with E-state index in [1.807, 2.05) is 0 Å². The summed E-state index contributed by atoms with van der Waals surface area (Å²) in [6.45, 7) is 6.50. The van der Waals surface area contributed by atoms with Crippen molar-refractivity contribution < 1.29 is 18.6 Å². The van der Waals surface area contributed by atoms with Crippen LogP contribution in [0, 0.1) is 6.92 Å². The maximum atomic E-state index is 3.25. The first kappa shape index (κ1) is 8.89. The second kappa shape index (κ2) is 10.8. The minimum absolute atomic E-state index is 0. The maximum Gasteiger partial charge on any atom is 0 e. The molecule has 0 amide bonds. The summed E-state index contributed by atoms with van der Waals surface area (Å²) in [5.74, 6) is 0. The van der Waals surface area contributed by atoms with Crippen molar-refractivity contribution >= 4 is 0 Å². The van der Waals surface area contributed by atoms with E-state index in [0.29, 0.717) is 0 Å². The molecule has 1 radical (unpaired) electrons. The summed E-state index contributed by atoms with van der Waals surface area (Å²) in [6.07, 6.45) is 1.50. The van der Waals surface area contributed by atoms with Gasteiger partial charge < -0.3 is 0 Å². The minimum atomic E-state index is 0. The van der Waals surface area contributed by atoms with Gasteiger partial charge >= 0.3 is 0 Å². The SMILES string of the molecule is C=C[CH2-].[V]. The standard InChI is InChI=1S/C3H5.V/c1-3-2;/h3H,1-2H2;/q-1;. The Bertz CT molecular complexity index is 10.8. The van der Waals surface area contributed by atoms with Crippen LogP contribution in [0.3, 0.4) is 0 Å². The van der Waals surface area contributed by atoms with Crippen LogP contribution in [0.4, 0.5) is 0 Å². The molecule has 0 aliphatic heterocycles. The average Bonchev–Trinajstić information content (AvgIpc) is 0.918. The molecule has 0 atom stereocenters. The summed E-state index contributed by atoms with van der Waals surface area (Å²) in [5, 5.41) is 0. The van der Waals surface area contributed by atoms with Crippen LogP contribution >= 0.6 is 0 Å². The van der Waals surface area contributed by atoms with E-state index in [1.165, 1.54) is 6.08 Å². The molecule has 0 fully saturated rings. The largest absolute Gasteiger partial charge is 0.245 e. The summed E-state index contributed by atoms with van der Waals surface area (Å²) in [6, 6.07) is 0. The van der Waals surface area contributed by atoms with E-state index >= 15 is 0 Å². The predicted octanol–water partition coefficient (Wildman–Crippen LogP) is 1.00. The van der Waals surface area contributed by atoms with Crippen LogP contribution in [0.25, 0.3) is 0 Å². The molecule has 0 unspecified atom stereocenters. The van der Waals surface area contributed by atoms with Crippen LogP contribution in [-0.2, 0) is 18.6 Å². The van der Waals surface area contributed by atoms with Gasteiger partial charge in [-0.05, 0) is 0 Å². The van der Waals surface area contributed by atoms with Crippen molar-refractivity contribution in [3.05, 3.63) is 19.6 Å². The van der Waals surface area contributed by atoms with E-state index in [-0.39, 0.29) is 18.6 Å². The van der Waals surface area contributed by atoms with Gasteiger partial charge in [0.25, 0.3) is 0 Å². The summed E-state index contributed by atoms with van der Waals surface area (Å²) >= 11 is 0. The molecule has 0 rings (SSSR count). The van der Waals surface area contributed by atoms with Crippen LogP contribution in [-0.4, -0.2) is 0 Å². The first-order chi connectivity index (χ1) is 1.41. The Morgan fingerprint density at radius 2 is 1.75 bits per heavy atom. The van der Waals surface area contributed by atoms with Gasteiger partial charge in [-0.2, -0.15) is 0 Å². The van der Waals surface area contributed by atoms with Crippen molar-refractivity contribution in [2.45, 2.75) is 0 Å². The van der Waals surface area contributed by atoms with Crippen LogP contribution in [0.1, 0.15) is 0 Å². The molecule has 0 N–H and O–H groups in total. The minimum Gasteiger partial charge on any atom is -0.245 e. The van der Waals surface area contributed by atoms with Crippen molar-refractivity contribution in [1.82, 2.24) is 0 Å². The van der Waals surface area contributed by atoms with Gasteiger partial charge in [0.05, 0.1) is 0 Å². The Balaban J connectivity index is 0. The second-order valence-corrected chi connectivity index (χ2v) is 0.289. The average molecular weight is 92.0 g/mol. The van der Waals surface area contributed by atoms with Crippen molar-refractivity contribution in [2.24, 2.45) is 0 Å². The molecule has 0 heterocycles. The first-order valence-electron chi connectivity index (χ1n) is 0.816. The van der Waals surface area contributed by atoms with E-state index in [9.17, 15) is 0 Å². The van der Waals surface area contributed by atoms with E-state index in [2.05, 4.69) is 13.5 Å². The number of hydrogen-bond donors (Lipinski definition) is 0. The molecule has 0 aromatic heterocycles. The van der Waals surface area contributed by atoms with Gasteiger partial charge in [-0.25, -0.2) is 19.6 Å². The van der Waals surface area contributed by atoms with E-state index in [0.717, 1.165) is 0 Å². The molecule has 1 heteroatoms. The quantitative estimate of drug-likeness (QED) is 0.391. The number of hydrogen-bond acceptors (Lipinski definition) is 0. The summed E-state index contributed by atoms with van der Waals surface area (Å²) in [7, 11) is 0. The van der Waals surface area contributed by atoms with Crippen molar-refractivity contribution in [3.63, 3.8) is 0 Å². The number of allylic oxidation sites excluding steroid dienone is 1. The zero-order valence-electron chi connectivity index (χ0n) is 2.44. The Morgan fingerprint density at radius 1 is 1.75 bits per heavy atom. The Hall–Kier alpha value is 0.194. The summed E-state index contributed by atoms with van der Waals surface area (Å²) in [4.78, 5) is 0. The predicted molar refractivity (Wildman–Crippen MR) is 15.6 cm³/mol. The van der Waals surface area contributed by atoms with Gasteiger partial charge in [0.1, 0.15) is 0 Å². The first-order valence-corrected chi connectivity index (χ1v) is 0.816. The van der Waals surface area contributed by atoms with Crippen LogP contribution < -0.4 is 0 Å². The molecule has 4 heavy (non-hydrogen) atoms. The Kier molecular flexibility index (Phi) is 24.0. The maximum absolute atomic E-state index is 3.25. The molecule has 0 saturated carbocycles. The van der Waals surface area contributed by atoms with Gasteiger partial charge in [0, 0.05) is 18.6 Å². The normalized spacial score (nSPS) is 3.00. The monoisotopic (exact) mass is 92.0 g/mol. The zero-order valence-corrected chi connectivity index (χ0v) is 3.84. The topological polar surface area (TPSA) is 0 Å². The Morgan fingerprint density at radius 3 is 1.75 bits per heavy atom. The van der Waals surface area contributed by atoms with Gasteiger partial charge in [0.2, 0.25) is 0 Å². The van der Waals surface area contributed by atoms with E-state index in [1.54, 1.807) is 0 Å². The van der Waals surface area contributed by atoms with Crippen molar-refractivity contribution in [2.75, 3.05) is 0 Å². The molecule has 0 aromatic carbocycles. The zero-order chi connectivity index (χ0) is 2.71. The molecule has 0 bridgehead atoms. The van der Waals surface area contributed by atoms with Gasteiger partial charge in [-0.1, -0.05) is 0 Å². The van der Waals surface area contributed by atoms with E-state index < -0.39 is 0 Å². The third-order valence-corrected chi connectivity index (χ3v) is 0. The van der Waals surface area contributed by atoms with Crippen LogP contribution in [0.2, 0.25) is 0 Å². The molecule has 0 aliphatic carbocycles. The fraction of sp³-hybridized carbons (Fsp3) is 0. The molecular weight excluding hydrogens is 87.0 g/mol. The van der Waals surface area contributed by atoms with Gasteiger partial charge in [-0.3, -0.25) is 0 Å². The molecule has 23 valence electrons. The molecular formula is C3H5V-. The fourth-order valence-corrected chi connectivity index (χ4v) is 0. The molecule has 0 aromatic rings. The van der Waals surface area contributed by atoms with Crippen LogP contribution in [0.5, 0.6) is 0 Å². The second-order valence-electron chi connectivity index (χ2n) is 0.289. The van der Waals surface area contributed by atoms with Crippen molar-refractivity contribution in [3.8, 4) is 0 Å². The third-order valence-electron chi connectivity index (χ3n) is 0. The summed E-state index contributed by atoms with van der Waals surface area (Å²) in [5.41, 5.74) is 0. The van der Waals surface area contributed by atoms with Crippen molar-refractivity contribution in [1.29, 1.82) is 0 Å². The number of rotatable bonds is 0. The van der Waals surface area contributed by atoms with E-state index in [4.69, 9.17) is 0 Å². The van der Waals surface area contributed by atoms with Gasteiger partial charge in [0.15, 0.2) is 0 Å². The molecule has 0 saturated heterocycles. The molecule has 0 aliphatic rings. The smallest absolute Gasteiger partial charge is 0 e. The molecule has 0 spiro atoms. The summed E-state index contributed by atoms with van der Waals surface area (Å²) < 4.78 is 0. The molecule has 0 nitrogen and oxygen atoms in total. The van der Waals surface area contributed by atoms with Gasteiger partial charge in [-0.15, -0.1) is 0 Å². The third kappa shape index (κ3) is 82.8. The fourth-order valence-electron chi connectivity index (χ4n) is 0.